The molecule has 2 aliphatic rings. The van der Waals surface area contributed by atoms with E-state index in [0.717, 1.165) is 32.2 Å². The molecule has 2 N–H and O–H groups in total. The lowest BCUT2D eigenvalue weighted by Crippen LogP contribution is -2.45. The maximum absolute atomic E-state index is 12.4. The Kier molecular flexibility index (Phi) is 4.25. The van der Waals surface area contributed by atoms with E-state index in [2.05, 4.69) is 20.5 Å². The second kappa shape index (κ2) is 6.70. The summed E-state index contributed by atoms with van der Waals surface area (Å²) in [4.78, 5) is 30.8. The molecule has 8 heteroatoms. The number of furan rings is 1. The van der Waals surface area contributed by atoms with E-state index in [1.165, 1.54) is 0 Å². The summed E-state index contributed by atoms with van der Waals surface area (Å²) in [5.74, 6) is 1.85. The van der Waals surface area contributed by atoms with Gasteiger partial charge in [0.1, 0.15) is 5.82 Å². The fraction of sp³-hybridized carbons (Fsp3) is 0.529. The van der Waals surface area contributed by atoms with Gasteiger partial charge in [-0.05, 0) is 37.8 Å². The molecule has 8 nitrogen and oxygen atoms in total. The van der Waals surface area contributed by atoms with Crippen LogP contribution in [0.25, 0.3) is 11.6 Å². The minimum atomic E-state index is -0.149. The van der Waals surface area contributed by atoms with Crippen molar-refractivity contribution in [2.75, 3.05) is 13.1 Å². The molecule has 25 heavy (non-hydrogen) atoms. The molecule has 1 atom stereocenters. The van der Waals surface area contributed by atoms with E-state index in [1.54, 1.807) is 18.4 Å². The summed E-state index contributed by atoms with van der Waals surface area (Å²) in [6.07, 6.45) is 5.24. The Morgan fingerprint density at radius 2 is 2.20 bits per heavy atom. The van der Waals surface area contributed by atoms with E-state index in [1.807, 2.05) is 4.90 Å². The van der Waals surface area contributed by atoms with E-state index in [-0.39, 0.29) is 30.2 Å². The third-order valence-corrected chi connectivity index (χ3v) is 4.73. The van der Waals surface area contributed by atoms with Gasteiger partial charge in [0, 0.05) is 19.0 Å². The monoisotopic (exact) mass is 343 g/mol. The van der Waals surface area contributed by atoms with Gasteiger partial charge in [0.2, 0.25) is 17.6 Å². The molecule has 2 fully saturated rings. The zero-order valence-corrected chi connectivity index (χ0v) is 13.9. The molecule has 2 amide bonds. The average molecular weight is 343 g/mol. The number of hydrogen-bond donors (Lipinski definition) is 2. The molecule has 0 aromatic carbocycles. The standard InChI is InChI=1S/C17H21N5O3/c23-16(12-3-1-7-22(10-12)17(24)11-5-6-11)18-9-14-19-15(21-20-14)13-4-2-8-25-13/h2,4,8,11-12H,1,3,5-7,9-10H2,(H,18,23)(H,19,20,21)/t12-/m1/s1. The Balaban J connectivity index is 1.30. The van der Waals surface area contributed by atoms with Crippen LogP contribution in [0.4, 0.5) is 0 Å². The van der Waals surface area contributed by atoms with Gasteiger partial charge < -0.3 is 14.6 Å². The van der Waals surface area contributed by atoms with Crippen LogP contribution in [0.3, 0.4) is 0 Å². The molecule has 1 aliphatic carbocycles. The molecule has 4 rings (SSSR count). The number of piperidine rings is 1. The number of carbonyl (C=O) groups is 2. The number of carbonyl (C=O) groups excluding carboxylic acids is 2. The number of rotatable bonds is 5. The van der Waals surface area contributed by atoms with Gasteiger partial charge in [-0.2, -0.15) is 0 Å². The molecule has 0 unspecified atom stereocenters. The summed E-state index contributed by atoms with van der Waals surface area (Å²) in [7, 11) is 0. The van der Waals surface area contributed by atoms with Gasteiger partial charge in [0.25, 0.3) is 0 Å². The van der Waals surface area contributed by atoms with E-state index in [0.29, 0.717) is 24.0 Å². The van der Waals surface area contributed by atoms with Crippen LogP contribution in [0.5, 0.6) is 0 Å². The third kappa shape index (κ3) is 3.57. The smallest absolute Gasteiger partial charge is 0.225 e. The van der Waals surface area contributed by atoms with Gasteiger partial charge in [0.15, 0.2) is 5.76 Å². The van der Waals surface area contributed by atoms with Crippen molar-refractivity contribution in [3.8, 4) is 11.6 Å². The number of hydrogen-bond acceptors (Lipinski definition) is 5. The molecule has 0 bridgehead atoms. The van der Waals surface area contributed by atoms with Crippen molar-refractivity contribution in [2.24, 2.45) is 11.8 Å². The van der Waals surface area contributed by atoms with E-state index in [4.69, 9.17) is 4.42 Å². The zero-order chi connectivity index (χ0) is 17.2. The van der Waals surface area contributed by atoms with Crippen molar-refractivity contribution in [3.63, 3.8) is 0 Å². The van der Waals surface area contributed by atoms with Gasteiger partial charge in [-0.1, -0.05) is 0 Å². The van der Waals surface area contributed by atoms with Crippen LogP contribution in [0.2, 0.25) is 0 Å². The summed E-state index contributed by atoms with van der Waals surface area (Å²) >= 11 is 0. The normalized spacial score (nSPS) is 20.5. The third-order valence-electron chi connectivity index (χ3n) is 4.73. The highest BCUT2D eigenvalue weighted by molar-refractivity contribution is 5.83. The van der Waals surface area contributed by atoms with Crippen LogP contribution in [0.1, 0.15) is 31.5 Å². The van der Waals surface area contributed by atoms with Crippen LogP contribution in [0, 0.1) is 11.8 Å². The van der Waals surface area contributed by atoms with Gasteiger partial charge in [-0.15, -0.1) is 5.10 Å². The Morgan fingerprint density at radius 3 is 2.96 bits per heavy atom. The Hall–Kier alpha value is -2.64. The first-order valence-corrected chi connectivity index (χ1v) is 8.72. The zero-order valence-electron chi connectivity index (χ0n) is 13.9. The maximum Gasteiger partial charge on any atom is 0.225 e. The maximum atomic E-state index is 12.4. The first-order chi connectivity index (χ1) is 12.2. The minimum Gasteiger partial charge on any atom is -0.461 e. The van der Waals surface area contributed by atoms with E-state index >= 15 is 0 Å². The van der Waals surface area contributed by atoms with Gasteiger partial charge in [-0.3, -0.25) is 14.7 Å². The molecule has 0 spiro atoms. The first-order valence-electron chi connectivity index (χ1n) is 8.72. The largest absolute Gasteiger partial charge is 0.461 e. The topological polar surface area (TPSA) is 104 Å². The summed E-state index contributed by atoms with van der Waals surface area (Å²) in [5, 5.41) is 9.77. The fourth-order valence-electron chi connectivity index (χ4n) is 3.19. The highest BCUT2D eigenvalue weighted by atomic mass is 16.3. The lowest BCUT2D eigenvalue weighted by atomic mass is 9.96. The number of nitrogens with zero attached hydrogens (tertiary/aromatic N) is 3. The average Bonchev–Trinajstić information content (AvgIpc) is 3.14. The number of likely N-dealkylation sites (tertiary alicyclic amines) is 1. The van der Waals surface area contributed by atoms with Crippen molar-refractivity contribution < 1.29 is 14.0 Å². The number of aromatic nitrogens is 3. The summed E-state index contributed by atoms with van der Waals surface area (Å²) < 4.78 is 5.24. The highest BCUT2D eigenvalue weighted by Crippen LogP contribution is 2.32. The number of aromatic amines is 1. The van der Waals surface area contributed by atoms with Gasteiger partial charge in [-0.25, -0.2) is 4.98 Å². The SMILES string of the molecule is O=C(NCc1nc(-c2ccco2)n[nH]1)[C@@H]1CCCN(C(=O)C2CC2)C1. The molecule has 1 saturated heterocycles. The van der Waals surface area contributed by atoms with Gasteiger partial charge in [0.05, 0.1) is 18.7 Å². The predicted molar refractivity (Wildman–Crippen MR) is 88.0 cm³/mol. The quantitative estimate of drug-likeness (QED) is 0.852. The Labute approximate surface area is 145 Å². The number of amides is 2. The molecule has 2 aromatic rings. The van der Waals surface area contributed by atoms with Crippen molar-refractivity contribution in [2.45, 2.75) is 32.2 Å². The molecule has 0 radical (unpaired) electrons. The van der Waals surface area contributed by atoms with E-state index < -0.39 is 0 Å². The molecule has 2 aromatic heterocycles. The van der Waals surface area contributed by atoms with Crippen LogP contribution in [-0.2, 0) is 16.1 Å². The summed E-state index contributed by atoms with van der Waals surface area (Å²) in [5.41, 5.74) is 0. The van der Waals surface area contributed by atoms with Crippen molar-refractivity contribution in [1.82, 2.24) is 25.4 Å². The number of nitrogens with one attached hydrogen (secondary N) is 2. The summed E-state index contributed by atoms with van der Waals surface area (Å²) in [6.45, 7) is 1.57. The minimum absolute atomic E-state index is 0.0377. The molecule has 3 heterocycles. The summed E-state index contributed by atoms with van der Waals surface area (Å²) in [6, 6.07) is 3.55. The lowest BCUT2D eigenvalue weighted by molar-refractivity contribution is -0.136. The molecular weight excluding hydrogens is 322 g/mol. The molecule has 1 saturated carbocycles. The van der Waals surface area contributed by atoms with Gasteiger partial charge >= 0.3 is 0 Å². The predicted octanol–water partition coefficient (Wildman–Crippen LogP) is 1.33. The van der Waals surface area contributed by atoms with Crippen LogP contribution in [0.15, 0.2) is 22.8 Å². The van der Waals surface area contributed by atoms with Crippen molar-refractivity contribution in [3.05, 3.63) is 24.2 Å². The molecule has 132 valence electrons. The lowest BCUT2D eigenvalue weighted by Gasteiger charge is -2.32. The first kappa shape index (κ1) is 15.9. The van der Waals surface area contributed by atoms with Crippen molar-refractivity contribution >= 4 is 11.8 Å². The molecule has 1 aliphatic heterocycles. The fourth-order valence-corrected chi connectivity index (χ4v) is 3.19. The van der Waals surface area contributed by atoms with Crippen molar-refractivity contribution in [1.29, 1.82) is 0 Å². The Morgan fingerprint density at radius 1 is 1.32 bits per heavy atom. The molecular formula is C17H21N5O3. The van der Waals surface area contributed by atoms with Crippen LogP contribution in [-0.4, -0.2) is 45.0 Å². The second-order valence-corrected chi connectivity index (χ2v) is 6.70. The Bertz CT molecular complexity index is 750. The highest BCUT2D eigenvalue weighted by Gasteiger charge is 2.36. The van der Waals surface area contributed by atoms with E-state index in [9.17, 15) is 9.59 Å². The second-order valence-electron chi connectivity index (χ2n) is 6.70. The van der Waals surface area contributed by atoms with Crippen LogP contribution >= 0.6 is 0 Å². The number of H-pyrrole nitrogens is 1. The van der Waals surface area contributed by atoms with Crippen LogP contribution < -0.4 is 5.32 Å².